The van der Waals surface area contributed by atoms with Crippen LogP contribution in [0.4, 0.5) is 0 Å². The number of rotatable bonds is 16. The fraction of sp³-hybridized carbons (Fsp3) is 0.0435. The Bertz CT molecular complexity index is 3280. The number of hydrogen-bond acceptors (Lipinski definition) is 11. The molecule has 0 fully saturated rings. The van der Waals surface area contributed by atoms with E-state index in [-0.39, 0.29) is 21.2 Å². The number of benzene rings is 6. The summed E-state index contributed by atoms with van der Waals surface area (Å²) in [5.74, 6) is -1.55. The van der Waals surface area contributed by atoms with E-state index in [4.69, 9.17) is 42.5 Å². The standard InChI is InChI=1S/C46H33Br2Cl2N8O9PS2/c47-31-11-7-27(8-12-31)45(53-43(59)39-25-41(29-3-1-5-33(49)23-29)57(55-39)35-15-19-37(20-16-35)69(51,62)63)66-68(61)67-46(28-9-13-32(48)14-10-28)54-44(60)40-26-42(30-4-2-6-34(50)24-30)58(56-40)36-17-21-38(22-18-36)70(52,64)65/h1-26,45-46H,(H5-,51,52,53,54,59,60,62,63,64,65)/p+1. The normalized spacial score (nSPS) is 12.8. The Hall–Kier alpha value is -5.94. The monoisotopic (exact) mass is 1160 g/mol. The fourth-order valence-corrected chi connectivity index (χ4v) is 9.52. The van der Waals surface area contributed by atoms with Crippen molar-refractivity contribution in [3.63, 3.8) is 0 Å². The highest BCUT2D eigenvalue weighted by Gasteiger charge is 2.36. The van der Waals surface area contributed by atoms with Crippen molar-refractivity contribution in [2.24, 2.45) is 10.3 Å². The molecule has 6 N–H and O–H groups in total. The predicted octanol–water partition coefficient (Wildman–Crippen LogP) is 9.77. The van der Waals surface area contributed by atoms with E-state index in [9.17, 15) is 31.0 Å². The molecular weight excluding hydrogens is 1130 g/mol. The Balaban J connectivity index is 1.09. The van der Waals surface area contributed by atoms with Crippen LogP contribution < -0.4 is 20.9 Å². The summed E-state index contributed by atoms with van der Waals surface area (Å²) in [7, 11) is -11.2. The third-order valence-electron chi connectivity index (χ3n) is 10.2. The number of carbonyl (C=O) groups excluding carboxylic acids is 2. The van der Waals surface area contributed by atoms with Crippen LogP contribution in [0.1, 0.15) is 44.6 Å². The summed E-state index contributed by atoms with van der Waals surface area (Å²) in [6.07, 6.45) is -2.87. The van der Waals surface area contributed by atoms with Crippen LogP contribution in [0.15, 0.2) is 176 Å². The van der Waals surface area contributed by atoms with Crippen molar-refractivity contribution in [2.45, 2.75) is 22.2 Å². The topological polar surface area (TPSA) is 250 Å². The maximum absolute atomic E-state index is 14.2. The predicted molar refractivity (Wildman–Crippen MR) is 269 cm³/mol. The molecule has 8 aromatic rings. The summed E-state index contributed by atoms with van der Waals surface area (Å²) in [5, 5.41) is 26.0. The van der Waals surface area contributed by atoms with E-state index < -0.39 is 52.6 Å². The molecule has 0 aliphatic carbocycles. The maximum atomic E-state index is 14.2. The highest BCUT2D eigenvalue weighted by atomic mass is 79.9. The number of nitrogens with zero attached hydrogens (tertiary/aromatic N) is 4. The van der Waals surface area contributed by atoms with Crippen molar-refractivity contribution < 1.29 is 40.0 Å². The van der Waals surface area contributed by atoms with Crippen LogP contribution in [-0.2, 0) is 33.7 Å². The van der Waals surface area contributed by atoms with Gasteiger partial charge in [-0.05, 0) is 109 Å². The van der Waals surface area contributed by atoms with Gasteiger partial charge in [-0.3, -0.25) is 9.59 Å². The van der Waals surface area contributed by atoms with Gasteiger partial charge in [0, 0.05) is 45.8 Å². The van der Waals surface area contributed by atoms with Gasteiger partial charge in [-0.25, -0.2) is 36.5 Å². The van der Waals surface area contributed by atoms with Gasteiger partial charge < -0.3 is 10.6 Å². The second-order valence-corrected chi connectivity index (χ2v) is 21.7. The molecule has 0 spiro atoms. The molecule has 2 aromatic heterocycles. The van der Waals surface area contributed by atoms with E-state index in [0.717, 1.165) is 0 Å². The summed E-state index contributed by atoms with van der Waals surface area (Å²) in [6.45, 7) is 0. The minimum Gasteiger partial charge on any atom is -0.317 e. The molecule has 2 atom stereocenters. The molecule has 356 valence electrons. The summed E-state index contributed by atoms with van der Waals surface area (Å²) in [4.78, 5) is 28.1. The molecule has 0 aliphatic rings. The Morgan fingerprint density at radius 2 is 0.914 bits per heavy atom. The van der Waals surface area contributed by atoms with Crippen LogP contribution in [0.2, 0.25) is 10.0 Å². The smallest absolute Gasteiger partial charge is 0.317 e. The molecule has 70 heavy (non-hydrogen) atoms. The van der Waals surface area contributed by atoms with Crippen LogP contribution in [0.25, 0.3) is 33.9 Å². The van der Waals surface area contributed by atoms with Crippen molar-refractivity contribution in [2.75, 3.05) is 0 Å². The molecule has 0 aliphatic heterocycles. The number of carbonyl (C=O) groups is 2. The van der Waals surface area contributed by atoms with Gasteiger partial charge in [0.15, 0.2) is 11.4 Å². The number of halogens is 4. The lowest BCUT2D eigenvalue weighted by Gasteiger charge is -2.15. The molecule has 2 unspecified atom stereocenters. The minimum absolute atomic E-state index is 0.121. The van der Waals surface area contributed by atoms with Crippen molar-refractivity contribution in [1.82, 2.24) is 30.2 Å². The van der Waals surface area contributed by atoms with Gasteiger partial charge in [0.25, 0.3) is 11.8 Å². The minimum atomic E-state index is -4.01. The molecule has 2 amide bonds. The van der Waals surface area contributed by atoms with E-state index in [0.29, 0.717) is 64.0 Å². The lowest BCUT2D eigenvalue weighted by Crippen LogP contribution is -2.31. The molecule has 2 heterocycles. The average Bonchev–Trinajstić information content (AvgIpc) is 3.98. The largest absolute Gasteiger partial charge is 0.702 e. The van der Waals surface area contributed by atoms with E-state index in [1.165, 1.54) is 70.0 Å². The van der Waals surface area contributed by atoms with Crippen LogP contribution in [-0.4, -0.2) is 48.2 Å². The van der Waals surface area contributed by atoms with Crippen molar-refractivity contribution >= 4 is 95.2 Å². The molecule has 0 saturated carbocycles. The fourth-order valence-electron chi connectivity index (χ4n) is 6.84. The third kappa shape index (κ3) is 12.1. The summed E-state index contributed by atoms with van der Waals surface area (Å²) in [5.41, 5.74) is 3.16. The lowest BCUT2D eigenvalue weighted by molar-refractivity contribution is 0.0688. The molecule has 0 radical (unpaired) electrons. The first-order chi connectivity index (χ1) is 33.3. The van der Waals surface area contributed by atoms with Crippen LogP contribution in [0.3, 0.4) is 0 Å². The number of aromatic nitrogens is 4. The Kier molecular flexibility index (Phi) is 15.3. The van der Waals surface area contributed by atoms with Gasteiger partial charge in [-0.15, -0.1) is 0 Å². The molecule has 8 rings (SSSR count). The van der Waals surface area contributed by atoms with Gasteiger partial charge in [0.05, 0.1) is 32.6 Å². The first kappa shape index (κ1) is 50.4. The first-order valence-electron chi connectivity index (χ1n) is 20.2. The highest BCUT2D eigenvalue weighted by molar-refractivity contribution is 9.10. The SMILES string of the molecule is NS(=O)(=O)c1ccc(-n2nc(C(=O)NC(O[P+](=O)OC(NC(=O)c3cc(-c4cccc(Cl)c4)n(-c4ccc(S(N)(=O)=O)cc4)n3)c3ccc(Br)cc3)c3ccc(Br)cc3)cc2-c2cccc(Cl)c2)cc1. The summed E-state index contributed by atoms with van der Waals surface area (Å²) < 4.78 is 78.3. The zero-order valence-electron chi connectivity index (χ0n) is 35.6. The first-order valence-corrected chi connectivity index (χ1v) is 26.7. The molecule has 24 heteroatoms. The van der Waals surface area contributed by atoms with Crippen molar-refractivity contribution in [3.8, 4) is 33.9 Å². The van der Waals surface area contributed by atoms with E-state index in [2.05, 4.69) is 52.7 Å². The summed E-state index contributed by atoms with van der Waals surface area (Å²) >= 11 is 19.5. The number of sulfonamides is 2. The van der Waals surface area contributed by atoms with Crippen LogP contribution in [0.5, 0.6) is 0 Å². The molecule has 0 bridgehead atoms. The Morgan fingerprint density at radius 1 is 0.557 bits per heavy atom. The quantitative estimate of drug-likeness (QED) is 0.0523. The Morgan fingerprint density at radius 3 is 1.24 bits per heavy atom. The van der Waals surface area contributed by atoms with Crippen LogP contribution in [0, 0.1) is 0 Å². The highest BCUT2D eigenvalue weighted by Crippen LogP contribution is 2.38. The molecule has 17 nitrogen and oxygen atoms in total. The second kappa shape index (κ2) is 21.2. The van der Waals surface area contributed by atoms with Gasteiger partial charge in [0.2, 0.25) is 32.5 Å². The second-order valence-electron chi connectivity index (χ2n) is 15.0. The molecule has 0 saturated heterocycles. The van der Waals surface area contributed by atoms with Gasteiger partial charge >= 0.3 is 8.25 Å². The zero-order chi connectivity index (χ0) is 49.9. The third-order valence-corrected chi connectivity index (χ3v) is 14.3. The van der Waals surface area contributed by atoms with E-state index in [1.807, 2.05) is 0 Å². The number of nitrogens with one attached hydrogen (secondary N) is 2. The number of amides is 2. The van der Waals surface area contributed by atoms with Crippen molar-refractivity contribution in [1.29, 1.82) is 0 Å². The van der Waals surface area contributed by atoms with Crippen LogP contribution >= 0.6 is 63.3 Å². The van der Waals surface area contributed by atoms with E-state index >= 15 is 0 Å². The average molecular weight is 1170 g/mol. The summed E-state index contributed by atoms with van der Waals surface area (Å²) in [6, 6.07) is 40.8. The molecule has 6 aromatic carbocycles. The zero-order valence-corrected chi connectivity index (χ0v) is 42.8. The number of hydrogen-bond donors (Lipinski definition) is 4. The van der Waals surface area contributed by atoms with Gasteiger partial charge in [-0.2, -0.15) is 10.2 Å². The number of primary sulfonamides is 2. The maximum Gasteiger partial charge on any atom is 0.702 e. The van der Waals surface area contributed by atoms with Gasteiger partial charge in [-0.1, -0.05) is 113 Å². The Labute approximate surface area is 428 Å². The lowest BCUT2D eigenvalue weighted by atomic mass is 10.1. The number of nitrogens with two attached hydrogens (primary N) is 2. The van der Waals surface area contributed by atoms with Gasteiger partial charge in [0.1, 0.15) is 0 Å². The van der Waals surface area contributed by atoms with Crippen molar-refractivity contribution in [3.05, 3.63) is 199 Å². The molecular formula is C46H34Br2Cl2N8O9PS2+. The van der Waals surface area contributed by atoms with E-state index in [1.54, 1.807) is 97.1 Å².